The van der Waals surface area contributed by atoms with Gasteiger partial charge in [0.2, 0.25) is 0 Å². The first-order valence-electron chi connectivity index (χ1n) is 14.4. The lowest BCUT2D eigenvalue weighted by Crippen LogP contribution is -2.53. The average molecular weight is 697 g/mol. The van der Waals surface area contributed by atoms with Crippen molar-refractivity contribution in [3.05, 3.63) is 70.9 Å². The van der Waals surface area contributed by atoms with Gasteiger partial charge in [-0.1, -0.05) is 36.4 Å². The van der Waals surface area contributed by atoms with Gasteiger partial charge in [0, 0.05) is 81.9 Å². The summed E-state index contributed by atoms with van der Waals surface area (Å²) in [7, 11) is 0. The van der Waals surface area contributed by atoms with Crippen molar-refractivity contribution in [1.29, 1.82) is 0 Å². The van der Waals surface area contributed by atoms with Crippen molar-refractivity contribution in [3.8, 4) is 11.3 Å². The second-order valence-corrected chi connectivity index (χ2v) is 12.1. The van der Waals surface area contributed by atoms with Crippen molar-refractivity contribution >= 4 is 66.1 Å². The molecule has 0 spiro atoms. The van der Waals surface area contributed by atoms with Crippen LogP contribution in [0, 0.1) is 5.82 Å². The van der Waals surface area contributed by atoms with Crippen LogP contribution in [-0.4, -0.2) is 96.1 Å². The summed E-state index contributed by atoms with van der Waals surface area (Å²) >= 11 is 1.50. The largest absolute Gasteiger partial charge is 0.375 e. The zero-order valence-electron chi connectivity index (χ0n) is 25.1. The van der Waals surface area contributed by atoms with Crippen molar-refractivity contribution in [2.24, 2.45) is 0 Å². The van der Waals surface area contributed by atoms with E-state index < -0.39 is 0 Å². The van der Waals surface area contributed by atoms with Crippen LogP contribution in [0.4, 0.5) is 9.52 Å². The van der Waals surface area contributed by atoms with Crippen LogP contribution in [0.2, 0.25) is 0 Å². The van der Waals surface area contributed by atoms with Crippen LogP contribution in [0.3, 0.4) is 0 Å². The van der Waals surface area contributed by atoms with Gasteiger partial charge in [-0.2, -0.15) is 0 Å². The fraction of sp³-hybridized carbons (Fsp3) is 0.516. The Morgan fingerprint density at radius 2 is 1.42 bits per heavy atom. The predicted molar refractivity (Wildman–Crippen MR) is 190 cm³/mol. The number of piperazine rings is 2. The molecule has 5 rings (SSSR count). The van der Waals surface area contributed by atoms with Crippen LogP contribution in [0.1, 0.15) is 37.4 Å². The summed E-state index contributed by atoms with van der Waals surface area (Å²) in [4.78, 5) is 14.9. The van der Waals surface area contributed by atoms with Crippen LogP contribution in [0.15, 0.2) is 53.9 Å². The van der Waals surface area contributed by atoms with Crippen molar-refractivity contribution in [3.63, 3.8) is 0 Å². The van der Waals surface area contributed by atoms with E-state index in [1.54, 1.807) is 12.1 Å². The highest BCUT2D eigenvalue weighted by molar-refractivity contribution is 7.13. The topological polar surface area (TPSA) is 51.9 Å². The van der Waals surface area contributed by atoms with Gasteiger partial charge >= 0.3 is 0 Å². The van der Waals surface area contributed by atoms with Gasteiger partial charge in [0.1, 0.15) is 5.82 Å². The summed E-state index contributed by atoms with van der Waals surface area (Å²) in [6.07, 6.45) is 2.18. The SMILES string of the molecule is CC(C)N1CCN(C(CN2CCN(CCCc3ccccc3-c3csc(N)n3)CC2)c2ccc(F)cc2)CC1.Cl.Cl.Cl.Cl. The molecule has 1 aromatic heterocycles. The summed E-state index contributed by atoms with van der Waals surface area (Å²) in [5.41, 5.74) is 10.7. The molecule has 2 aliphatic rings. The van der Waals surface area contributed by atoms with Gasteiger partial charge in [-0.05, 0) is 56.5 Å². The summed E-state index contributed by atoms with van der Waals surface area (Å²) in [6.45, 7) is 15.4. The average Bonchev–Trinajstić information content (AvgIpc) is 3.39. The molecule has 2 aliphatic heterocycles. The van der Waals surface area contributed by atoms with Crippen LogP contribution in [0.25, 0.3) is 11.3 Å². The number of anilines is 1. The Labute approximate surface area is 285 Å². The number of thiazole rings is 1. The number of rotatable bonds is 10. The van der Waals surface area contributed by atoms with Gasteiger partial charge in [0.05, 0.1) is 5.69 Å². The van der Waals surface area contributed by atoms with Crippen molar-refractivity contribution in [2.75, 3.05) is 71.2 Å². The molecule has 2 fully saturated rings. The van der Waals surface area contributed by atoms with E-state index in [-0.39, 0.29) is 55.4 Å². The molecule has 0 bridgehead atoms. The lowest BCUT2D eigenvalue weighted by molar-refractivity contribution is 0.0481. The summed E-state index contributed by atoms with van der Waals surface area (Å²) < 4.78 is 13.7. The molecule has 242 valence electrons. The first-order valence-corrected chi connectivity index (χ1v) is 15.3. The minimum absolute atomic E-state index is 0. The zero-order chi connectivity index (χ0) is 27.2. The number of nitrogen functional groups attached to an aromatic ring is 1. The molecule has 3 heterocycles. The smallest absolute Gasteiger partial charge is 0.180 e. The standard InChI is InChI=1S/C31H43FN6S.4ClH/c1-24(2)37-18-20-38(21-19-37)30(26-9-11-27(32)12-10-26)22-36-16-14-35(15-17-36)13-5-7-25-6-3-4-8-28(25)29-23-39-31(33)34-29;;;;/h3-4,6,8-12,23-24,30H,5,7,13-22H2,1-2H3,(H2,33,34);4*1H. The maximum absolute atomic E-state index is 13.7. The minimum Gasteiger partial charge on any atom is -0.375 e. The van der Waals surface area contributed by atoms with E-state index in [1.165, 1.54) is 28.0 Å². The Hall–Kier alpha value is -1.20. The molecule has 12 heteroatoms. The molecule has 1 atom stereocenters. The maximum Gasteiger partial charge on any atom is 0.180 e. The second kappa shape index (κ2) is 19.3. The number of hydrogen-bond acceptors (Lipinski definition) is 7. The molecule has 2 saturated heterocycles. The number of aryl methyl sites for hydroxylation is 1. The van der Waals surface area contributed by atoms with E-state index in [2.05, 4.69) is 68.1 Å². The Balaban J connectivity index is 0.00000231. The number of benzene rings is 2. The summed E-state index contributed by atoms with van der Waals surface area (Å²) in [5, 5.41) is 2.67. The van der Waals surface area contributed by atoms with E-state index in [0.29, 0.717) is 17.2 Å². The molecule has 6 nitrogen and oxygen atoms in total. The lowest BCUT2D eigenvalue weighted by atomic mass is 10.0. The fourth-order valence-corrected chi connectivity index (χ4v) is 6.58. The number of hydrogen-bond donors (Lipinski definition) is 1. The summed E-state index contributed by atoms with van der Waals surface area (Å²) in [5.74, 6) is -0.158. The molecule has 3 aromatic rings. The van der Waals surface area contributed by atoms with Crippen molar-refractivity contribution in [1.82, 2.24) is 24.6 Å². The van der Waals surface area contributed by atoms with Gasteiger partial charge < -0.3 is 10.6 Å². The van der Waals surface area contributed by atoms with Crippen molar-refractivity contribution in [2.45, 2.75) is 38.8 Å². The number of aromatic nitrogens is 1. The number of halogens is 5. The molecule has 1 unspecified atom stereocenters. The fourth-order valence-electron chi connectivity index (χ4n) is 6.01. The highest BCUT2D eigenvalue weighted by Gasteiger charge is 2.29. The van der Waals surface area contributed by atoms with Crippen molar-refractivity contribution < 1.29 is 4.39 Å². The molecule has 2 N–H and O–H groups in total. The third kappa shape index (κ3) is 11.0. The van der Waals surface area contributed by atoms with Crippen LogP contribution < -0.4 is 5.73 Å². The second-order valence-electron chi connectivity index (χ2n) is 11.2. The number of nitrogens with two attached hydrogens (primary N) is 1. The monoisotopic (exact) mass is 694 g/mol. The summed E-state index contributed by atoms with van der Waals surface area (Å²) in [6, 6.07) is 16.7. The van der Waals surface area contributed by atoms with E-state index in [1.807, 2.05) is 12.1 Å². The van der Waals surface area contributed by atoms with Gasteiger partial charge in [0.25, 0.3) is 0 Å². The van der Waals surface area contributed by atoms with Gasteiger partial charge in [-0.15, -0.1) is 61.0 Å². The van der Waals surface area contributed by atoms with Crippen LogP contribution >= 0.6 is 61.0 Å². The molecular weight excluding hydrogens is 649 g/mol. The van der Waals surface area contributed by atoms with E-state index in [9.17, 15) is 4.39 Å². The molecule has 2 aromatic carbocycles. The Bertz CT molecular complexity index is 1190. The number of nitrogens with zero attached hydrogens (tertiary/aromatic N) is 5. The predicted octanol–water partition coefficient (Wildman–Crippen LogP) is 6.54. The Morgan fingerprint density at radius 3 is 2.02 bits per heavy atom. The Kier molecular flexibility index (Phi) is 17.9. The molecule has 0 amide bonds. The molecule has 0 aliphatic carbocycles. The lowest BCUT2D eigenvalue weighted by Gasteiger charge is -2.43. The third-order valence-electron chi connectivity index (χ3n) is 8.41. The zero-order valence-corrected chi connectivity index (χ0v) is 29.2. The van der Waals surface area contributed by atoms with E-state index in [4.69, 9.17) is 5.73 Å². The third-order valence-corrected chi connectivity index (χ3v) is 9.08. The maximum atomic E-state index is 13.7. The quantitative estimate of drug-likeness (QED) is 0.260. The van der Waals surface area contributed by atoms with Gasteiger partial charge in [0.15, 0.2) is 5.13 Å². The highest BCUT2D eigenvalue weighted by Crippen LogP contribution is 2.28. The van der Waals surface area contributed by atoms with E-state index in [0.717, 1.165) is 84.0 Å². The normalized spacial score (nSPS) is 17.3. The highest BCUT2D eigenvalue weighted by atomic mass is 35.5. The molecule has 0 radical (unpaired) electrons. The Morgan fingerprint density at radius 1 is 0.814 bits per heavy atom. The molecule has 0 saturated carbocycles. The van der Waals surface area contributed by atoms with Gasteiger partial charge in [-0.25, -0.2) is 9.37 Å². The van der Waals surface area contributed by atoms with Gasteiger partial charge in [-0.3, -0.25) is 14.7 Å². The minimum atomic E-state index is -0.158. The molecule has 43 heavy (non-hydrogen) atoms. The van der Waals surface area contributed by atoms with Crippen LogP contribution in [0.5, 0.6) is 0 Å². The van der Waals surface area contributed by atoms with Crippen LogP contribution in [-0.2, 0) is 6.42 Å². The van der Waals surface area contributed by atoms with E-state index >= 15 is 0 Å². The molecular formula is C31H47Cl4FN6S. The first kappa shape index (κ1) is 39.8. The first-order chi connectivity index (χ1) is 19.0.